The Labute approximate surface area is 172 Å². The van der Waals surface area contributed by atoms with Gasteiger partial charge < -0.3 is 9.64 Å². The fourth-order valence-corrected chi connectivity index (χ4v) is 4.33. The second-order valence-electron chi connectivity index (χ2n) is 7.61. The molecule has 3 aliphatic rings. The van der Waals surface area contributed by atoms with Crippen molar-refractivity contribution >= 4 is 17.1 Å². The molecule has 5 nitrogen and oxygen atoms in total. The third-order valence-corrected chi connectivity index (χ3v) is 5.89. The SMILES string of the molecule is COC1=C2C(C)=C(N3CCC3)c3ccccc3[NH+]2NN1c1ccc(C(F)(F)F)cc1. The Morgan fingerprint density at radius 1 is 1.03 bits per heavy atom. The largest absolute Gasteiger partial charge is 0.477 e. The molecule has 0 saturated carbocycles. The van der Waals surface area contributed by atoms with E-state index in [0.29, 0.717) is 11.6 Å². The maximum Gasteiger partial charge on any atom is 0.416 e. The quantitative estimate of drug-likeness (QED) is 0.805. The molecule has 0 radical (unpaired) electrons. The molecule has 1 atom stereocenters. The molecule has 1 saturated heterocycles. The summed E-state index contributed by atoms with van der Waals surface area (Å²) in [6.45, 7) is 4.11. The molecular weight excluding hydrogens is 393 g/mol. The van der Waals surface area contributed by atoms with E-state index in [1.165, 1.54) is 24.3 Å². The van der Waals surface area contributed by atoms with Crippen LogP contribution < -0.4 is 15.6 Å². The van der Waals surface area contributed by atoms with Crippen molar-refractivity contribution in [2.24, 2.45) is 0 Å². The first kappa shape index (κ1) is 19.0. The molecule has 2 N–H and O–H groups in total. The first-order chi connectivity index (χ1) is 14.4. The zero-order chi connectivity index (χ0) is 21.0. The number of anilines is 1. The van der Waals surface area contributed by atoms with Gasteiger partial charge in [0.25, 0.3) is 5.88 Å². The summed E-state index contributed by atoms with van der Waals surface area (Å²) in [6.07, 6.45) is -3.20. The Bertz CT molecular complexity index is 1050. The molecule has 1 unspecified atom stereocenters. The molecule has 0 bridgehead atoms. The van der Waals surface area contributed by atoms with Gasteiger partial charge in [0.2, 0.25) is 5.70 Å². The van der Waals surface area contributed by atoms with Gasteiger partial charge >= 0.3 is 6.18 Å². The van der Waals surface area contributed by atoms with Crippen LogP contribution in [0.5, 0.6) is 0 Å². The third kappa shape index (κ3) is 2.79. The Balaban J connectivity index is 1.62. The summed E-state index contributed by atoms with van der Waals surface area (Å²) in [6, 6.07) is 13.3. The van der Waals surface area contributed by atoms with Gasteiger partial charge in [0.1, 0.15) is 0 Å². The first-order valence-electron chi connectivity index (χ1n) is 9.85. The summed E-state index contributed by atoms with van der Waals surface area (Å²) in [5.74, 6) is 0.579. The number of para-hydroxylation sites is 1. The average Bonchev–Trinajstić information content (AvgIpc) is 3.09. The number of methoxy groups -OCH3 is 1. The van der Waals surface area contributed by atoms with Gasteiger partial charge in [0, 0.05) is 24.7 Å². The van der Waals surface area contributed by atoms with Gasteiger partial charge in [-0.3, -0.25) is 0 Å². The summed E-state index contributed by atoms with van der Waals surface area (Å²) >= 11 is 0. The maximum absolute atomic E-state index is 13.0. The van der Waals surface area contributed by atoms with Gasteiger partial charge in [0.15, 0.2) is 5.69 Å². The van der Waals surface area contributed by atoms with E-state index in [2.05, 4.69) is 29.5 Å². The van der Waals surface area contributed by atoms with E-state index in [4.69, 9.17) is 4.74 Å². The molecule has 5 rings (SSSR count). The van der Waals surface area contributed by atoms with Crippen molar-refractivity contribution in [2.45, 2.75) is 19.5 Å². The number of nitrogens with zero attached hydrogens (tertiary/aromatic N) is 2. The Morgan fingerprint density at radius 2 is 1.73 bits per heavy atom. The van der Waals surface area contributed by atoms with Crippen molar-refractivity contribution in [1.82, 2.24) is 10.4 Å². The summed E-state index contributed by atoms with van der Waals surface area (Å²) in [4.78, 5) is 2.37. The van der Waals surface area contributed by atoms with Crippen LogP contribution in [0.2, 0.25) is 0 Å². The van der Waals surface area contributed by atoms with Gasteiger partial charge in [-0.2, -0.15) is 23.2 Å². The van der Waals surface area contributed by atoms with Gasteiger partial charge in [-0.1, -0.05) is 17.7 Å². The van der Waals surface area contributed by atoms with Crippen molar-refractivity contribution < 1.29 is 22.9 Å². The lowest BCUT2D eigenvalue weighted by Gasteiger charge is -2.39. The molecule has 156 valence electrons. The Morgan fingerprint density at radius 3 is 2.33 bits per heavy atom. The number of fused-ring (bicyclic) bond motifs is 3. The van der Waals surface area contributed by atoms with Crippen molar-refractivity contribution in [3.05, 3.63) is 76.8 Å². The molecule has 1 fully saturated rings. The van der Waals surface area contributed by atoms with Gasteiger partial charge in [-0.05, 0) is 43.7 Å². The predicted octanol–water partition coefficient (Wildman–Crippen LogP) is 3.43. The number of benzene rings is 2. The van der Waals surface area contributed by atoms with Crippen LogP contribution in [0.25, 0.3) is 5.70 Å². The van der Waals surface area contributed by atoms with Gasteiger partial charge in [-0.15, -0.1) is 0 Å². The third-order valence-electron chi connectivity index (χ3n) is 5.89. The van der Waals surface area contributed by atoms with Gasteiger partial charge in [-0.25, -0.2) is 0 Å². The van der Waals surface area contributed by atoms with Crippen LogP contribution in [0, 0.1) is 0 Å². The van der Waals surface area contributed by atoms with Crippen molar-refractivity contribution in [2.75, 3.05) is 25.2 Å². The zero-order valence-electron chi connectivity index (χ0n) is 16.7. The number of quaternary nitrogens is 1. The number of alkyl halides is 3. The topological polar surface area (TPSA) is 32.2 Å². The summed E-state index contributed by atoms with van der Waals surface area (Å²) in [7, 11) is 1.58. The predicted molar refractivity (Wildman–Crippen MR) is 107 cm³/mol. The Hall–Kier alpha value is -2.97. The molecule has 30 heavy (non-hydrogen) atoms. The summed E-state index contributed by atoms with van der Waals surface area (Å²) < 4.78 is 44.7. The van der Waals surface area contributed by atoms with Crippen LogP contribution in [-0.2, 0) is 10.9 Å². The maximum atomic E-state index is 13.0. The van der Waals surface area contributed by atoms with Crippen molar-refractivity contribution in [1.29, 1.82) is 0 Å². The van der Waals surface area contributed by atoms with E-state index in [1.54, 1.807) is 12.1 Å². The average molecular weight is 415 g/mol. The van der Waals surface area contributed by atoms with Crippen LogP contribution in [0.3, 0.4) is 0 Å². The summed E-state index contributed by atoms with van der Waals surface area (Å²) in [5, 5.41) is 2.62. The molecule has 3 aliphatic heterocycles. The minimum absolute atomic E-state index is 0.574. The number of hydrogen-bond donors (Lipinski definition) is 2. The van der Waals surface area contributed by atoms with E-state index in [9.17, 15) is 13.2 Å². The highest BCUT2D eigenvalue weighted by Crippen LogP contribution is 2.39. The standard InChI is InChI=1S/C22H21F3N4O/c1-14-19(27-12-5-13-27)17-6-3-4-7-18(17)29-20(14)21(30-2)28(26-29)16-10-8-15(9-11-16)22(23,24)25/h3-4,6-11,26H,5,12-13H2,1-2H3/p+1. The fraction of sp³-hybridized carbons (Fsp3) is 0.273. The highest BCUT2D eigenvalue weighted by molar-refractivity contribution is 5.79. The number of ether oxygens (including phenoxy) is 1. The molecule has 0 aliphatic carbocycles. The fourth-order valence-electron chi connectivity index (χ4n) is 4.33. The highest BCUT2D eigenvalue weighted by Gasteiger charge is 2.45. The monoisotopic (exact) mass is 415 g/mol. The highest BCUT2D eigenvalue weighted by atomic mass is 19.4. The second kappa shape index (κ2) is 6.78. The molecule has 0 amide bonds. The number of rotatable bonds is 3. The lowest BCUT2D eigenvalue weighted by molar-refractivity contribution is -0.833. The number of hydrazine groups is 1. The van der Waals surface area contributed by atoms with Crippen LogP contribution in [0.1, 0.15) is 24.5 Å². The van der Waals surface area contributed by atoms with E-state index in [-0.39, 0.29) is 0 Å². The first-order valence-corrected chi connectivity index (χ1v) is 9.85. The lowest BCUT2D eigenvalue weighted by Crippen LogP contribution is -3.12. The number of likely N-dealkylation sites (tertiary alicyclic amines) is 1. The minimum Gasteiger partial charge on any atom is -0.477 e. The molecule has 0 aromatic heterocycles. The molecule has 0 spiro atoms. The number of allylic oxidation sites excluding steroid dienone is 1. The minimum atomic E-state index is -4.37. The smallest absolute Gasteiger partial charge is 0.416 e. The van der Waals surface area contributed by atoms with Gasteiger partial charge in [0.05, 0.1) is 29.6 Å². The summed E-state index contributed by atoms with van der Waals surface area (Å²) in [5.41, 5.74) is 8.72. The molecule has 2 aromatic carbocycles. The molecule has 3 heterocycles. The number of hydrogen-bond acceptors (Lipinski definition) is 4. The molecule has 2 aromatic rings. The van der Waals surface area contributed by atoms with E-state index in [0.717, 1.165) is 52.8 Å². The molecule has 8 heteroatoms. The van der Waals surface area contributed by atoms with E-state index in [1.807, 2.05) is 12.1 Å². The van der Waals surface area contributed by atoms with Crippen LogP contribution >= 0.6 is 0 Å². The number of halogens is 3. The van der Waals surface area contributed by atoms with Crippen molar-refractivity contribution in [3.63, 3.8) is 0 Å². The normalized spacial score (nSPS) is 20.9. The van der Waals surface area contributed by atoms with E-state index >= 15 is 0 Å². The number of nitrogens with one attached hydrogen (secondary N) is 2. The van der Waals surface area contributed by atoms with Crippen LogP contribution in [0.15, 0.2) is 65.7 Å². The Kier molecular flexibility index (Phi) is 4.30. The molecular formula is C22H22F3N4O+. The van der Waals surface area contributed by atoms with Crippen molar-refractivity contribution in [3.8, 4) is 0 Å². The lowest BCUT2D eigenvalue weighted by atomic mass is 9.95. The van der Waals surface area contributed by atoms with Crippen LogP contribution in [-0.4, -0.2) is 25.1 Å². The van der Waals surface area contributed by atoms with Crippen LogP contribution in [0.4, 0.5) is 24.5 Å². The zero-order valence-corrected chi connectivity index (χ0v) is 16.7. The second-order valence-corrected chi connectivity index (χ2v) is 7.61. The van der Waals surface area contributed by atoms with E-state index < -0.39 is 11.7 Å².